The zero-order valence-electron chi connectivity index (χ0n) is 22.0. The lowest BCUT2D eigenvalue weighted by atomic mass is 9.97. The molecule has 3 aromatic rings. The smallest absolute Gasteiger partial charge is 0.229 e. The number of likely N-dealkylation sites (tertiary alicyclic amines) is 1. The molecular weight excluding hydrogens is 494 g/mol. The molecule has 10 heteroatoms. The Balaban J connectivity index is 1.10. The number of nitrogens with zero attached hydrogens (tertiary/aromatic N) is 3. The summed E-state index contributed by atoms with van der Waals surface area (Å²) in [6.45, 7) is 4.03. The highest BCUT2D eigenvalue weighted by atomic mass is 16.2. The average Bonchev–Trinajstić information content (AvgIpc) is 3.30. The fourth-order valence-electron chi connectivity index (χ4n) is 4.94. The molecule has 0 unspecified atom stereocenters. The first kappa shape index (κ1) is 26.1. The Labute approximate surface area is 227 Å². The molecule has 0 bridgehead atoms. The summed E-state index contributed by atoms with van der Waals surface area (Å²) in [4.78, 5) is 46.5. The number of nitrogens with one attached hydrogen (secondary N) is 4. The fourth-order valence-corrected chi connectivity index (χ4v) is 4.94. The summed E-state index contributed by atoms with van der Waals surface area (Å²) in [5, 5.41) is 12.4. The van der Waals surface area contributed by atoms with Crippen molar-refractivity contribution < 1.29 is 14.4 Å². The number of amides is 3. The highest BCUT2D eigenvalue weighted by Gasteiger charge is 2.21. The Morgan fingerprint density at radius 1 is 1.08 bits per heavy atom. The number of aromatic nitrogens is 2. The van der Waals surface area contributed by atoms with Crippen LogP contribution in [0.5, 0.6) is 0 Å². The number of rotatable bonds is 9. The largest absolute Gasteiger partial charge is 0.370 e. The van der Waals surface area contributed by atoms with Crippen molar-refractivity contribution >= 4 is 46.5 Å². The zero-order valence-corrected chi connectivity index (χ0v) is 22.0. The maximum atomic E-state index is 12.6. The third-order valence-electron chi connectivity index (χ3n) is 7.13. The first-order chi connectivity index (χ1) is 18.9. The monoisotopic (exact) mass is 527 g/mol. The fraction of sp³-hybridized carbons (Fsp3) is 0.345. The number of hydrogen-bond donors (Lipinski definition) is 4. The third-order valence-corrected chi connectivity index (χ3v) is 7.13. The van der Waals surface area contributed by atoms with Crippen LogP contribution in [0.3, 0.4) is 0 Å². The molecule has 3 amide bonds. The summed E-state index contributed by atoms with van der Waals surface area (Å²) in [5.41, 5.74) is 4.31. The van der Waals surface area contributed by atoms with Crippen molar-refractivity contribution in [2.75, 3.05) is 40.9 Å². The van der Waals surface area contributed by atoms with E-state index in [1.165, 1.54) is 0 Å². The number of anilines is 5. The van der Waals surface area contributed by atoms with Crippen molar-refractivity contribution in [3.05, 3.63) is 65.9 Å². The number of hydrogen-bond acceptors (Lipinski definition) is 7. The minimum absolute atomic E-state index is 0.00415. The Kier molecular flexibility index (Phi) is 8.00. The van der Waals surface area contributed by atoms with Crippen molar-refractivity contribution in [2.24, 2.45) is 5.92 Å². The minimum Gasteiger partial charge on any atom is -0.370 e. The molecule has 0 spiro atoms. The lowest BCUT2D eigenvalue weighted by Crippen LogP contribution is -2.38. The number of carbonyl (C=O) groups excluding carboxylic acids is 3. The SMILES string of the molecule is CC(=O)N1CCC(CNc2ccnc(Nc3cccc(NC(=O)CCc4ccc5c(c4)CC(=O)N5)c3)n2)CC1. The number of fused-ring (bicyclic) bond motifs is 1. The van der Waals surface area contributed by atoms with Crippen LogP contribution in [0.15, 0.2) is 54.7 Å². The maximum Gasteiger partial charge on any atom is 0.229 e. The Morgan fingerprint density at radius 3 is 2.72 bits per heavy atom. The second kappa shape index (κ2) is 11.9. The maximum absolute atomic E-state index is 12.6. The summed E-state index contributed by atoms with van der Waals surface area (Å²) in [7, 11) is 0. The minimum atomic E-state index is -0.0848. The molecule has 1 saturated heterocycles. The average molecular weight is 528 g/mol. The van der Waals surface area contributed by atoms with Crippen LogP contribution in [0.25, 0.3) is 0 Å². The molecular formula is C29H33N7O3. The van der Waals surface area contributed by atoms with Gasteiger partial charge >= 0.3 is 0 Å². The van der Waals surface area contributed by atoms with Gasteiger partial charge in [0.15, 0.2) is 0 Å². The van der Waals surface area contributed by atoms with Crippen LogP contribution in [0, 0.1) is 5.92 Å². The van der Waals surface area contributed by atoms with Crippen molar-refractivity contribution in [2.45, 2.75) is 39.0 Å². The molecule has 2 aliphatic rings. The molecule has 0 radical (unpaired) electrons. The highest BCUT2D eigenvalue weighted by Crippen LogP contribution is 2.25. The van der Waals surface area contributed by atoms with Crippen LogP contribution in [0.4, 0.5) is 28.8 Å². The lowest BCUT2D eigenvalue weighted by molar-refractivity contribution is -0.130. The number of benzene rings is 2. The zero-order chi connectivity index (χ0) is 27.2. The first-order valence-corrected chi connectivity index (χ1v) is 13.3. The molecule has 39 heavy (non-hydrogen) atoms. The van der Waals surface area contributed by atoms with Gasteiger partial charge in [-0.1, -0.05) is 18.2 Å². The van der Waals surface area contributed by atoms with Gasteiger partial charge in [-0.05, 0) is 66.6 Å². The molecule has 1 aromatic heterocycles. The van der Waals surface area contributed by atoms with Gasteiger partial charge in [0.1, 0.15) is 5.82 Å². The molecule has 4 N–H and O–H groups in total. The first-order valence-electron chi connectivity index (χ1n) is 13.3. The van der Waals surface area contributed by atoms with Crippen LogP contribution in [0.2, 0.25) is 0 Å². The molecule has 202 valence electrons. The topological polar surface area (TPSA) is 128 Å². The second-order valence-electron chi connectivity index (χ2n) is 10.1. The number of aryl methyl sites for hydroxylation is 1. The van der Waals surface area contributed by atoms with Gasteiger partial charge in [-0.25, -0.2) is 4.98 Å². The summed E-state index contributed by atoms with van der Waals surface area (Å²) >= 11 is 0. The third kappa shape index (κ3) is 7.10. The normalized spacial score (nSPS) is 14.9. The van der Waals surface area contributed by atoms with E-state index in [0.29, 0.717) is 36.8 Å². The number of piperidine rings is 1. The molecule has 10 nitrogen and oxygen atoms in total. The molecule has 3 heterocycles. The Bertz CT molecular complexity index is 1370. The molecule has 0 atom stereocenters. The van der Waals surface area contributed by atoms with E-state index in [0.717, 1.165) is 60.8 Å². The van der Waals surface area contributed by atoms with Crippen LogP contribution in [-0.2, 0) is 27.2 Å². The van der Waals surface area contributed by atoms with E-state index in [1.807, 2.05) is 53.4 Å². The van der Waals surface area contributed by atoms with Crippen molar-refractivity contribution in [1.82, 2.24) is 14.9 Å². The molecule has 0 saturated carbocycles. The standard InChI is InChI=1S/C29H33N7O3/c1-19(37)36-13-10-21(11-14-36)18-31-26-9-12-30-29(35-26)33-24-4-2-3-23(17-24)32-27(38)8-6-20-5-7-25-22(15-20)16-28(39)34-25/h2-5,7,9,12,15,17,21H,6,8,10-11,13-14,16,18H2,1H3,(H,32,38)(H,34,39)(H2,30,31,33,35). The molecule has 0 aliphatic carbocycles. The van der Waals surface area contributed by atoms with Crippen LogP contribution >= 0.6 is 0 Å². The van der Waals surface area contributed by atoms with E-state index < -0.39 is 0 Å². The molecule has 2 aromatic carbocycles. The van der Waals surface area contributed by atoms with Gasteiger partial charge < -0.3 is 26.2 Å². The second-order valence-corrected chi connectivity index (χ2v) is 10.1. The summed E-state index contributed by atoms with van der Waals surface area (Å²) < 4.78 is 0. The van der Waals surface area contributed by atoms with E-state index in [-0.39, 0.29) is 17.7 Å². The van der Waals surface area contributed by atoms with Gasteiger partial charge in [-0.15, -0.1) is 0 Å². The Hall–Kier alpha value is -4.47. The van der Waals surface area contributed by atoms with Gasteiger partial charge in [0.25, 0.3) is 0 Å². The van der Waals surface area contributed by atoms with Crippen LogP contribution in [0.1, 0.15) is 37.3 Å². The summed E-state index contributed by atoms with van der Waals surface area (Å²) in [6.07, 6.45) is 4.98. The van der Waals surface area contributed by atoms with E-state index in [1.54, 1.807) is 13.1 Å². The molecule has 2 aliphatic heterocycles. The van der Waals surface area contributed by atoms with Gasteiger partial charge in [-0.3, -0.25) is 14.4 Å². The quantitative estimate of drug-likeness (QED) is 0.332. The lowest BCUT2D eigenvalue weighted by Gasteiger charge is -2.31. The van der Waals surface area contributed by atoms with Crippen molar-refractivity contribution in [1.29, 1.82) is 0 Å². The molecule has 5 rings (SSSR count). The van der Waals surface area contributed by atoms with Crippen molar-refractivity contribution in [3.63, 3.8) is 0 Å². The van der Waals surface area contributed by atoms with Gasteiger partial charge in [-0.2, -0.15) is 4.98 Å². The predicted molar refractivity (Wildman–Crippen MR) is 151 cm³/mol. The van der Waals surface area contributed by atoms with E-state index in [9.17, 15) is 14.4 Å². The van der Waals surface area contributed by atoms with E-state index in [2.05, 4.69) is 31.2 Å². The summed E-state index contributed by atoms with van der Waals surface area (Å²) in [5.74, 6) is 1.75. The van der Waals surface area contributed by atoms with Gasteiger partial charge in [0.2, 0.25) is 23.7 Å². The summed E-state index contributed by atoms with van der Waals surface area (Å²) in [6, 6.07) is 15.1. The van der Waals surface area contributed by atoms with Gasteiger partial charge in [0, 0.05) is 56.2 Å². The van der Waals surface area contributed by atoms with Crippen molar-refractivity contribution in [3.8, 4) is 0 Å². The predicted octanol–water partition coefficient (Wildman–Crippen LogP) is 3.96. The van der Waals surface area contributed by atoms with Gasteiger partial charge in [0.05, 0.1) is 6.42 Å². The number of carbonyl (C=O) groups is 3. The Morgan fingerprint density at radius 2 is 1.90 bits per heavy atom. The van der Waals surface area contributed by atoms with E-state index >= 15 is 0 Å². The van der Waals surface area contributed by atoms with E-state index in [4.69, 9.17) is 0 Å². The highest BCUT2D eigenvalue weighted by molar-refractivity contribution is 5.99. The van der Waals surface area contributed by atoms with Crippen LogP contribution < -0.4 is 21.3 Å². The molecule has 1 fully saturated rings. The van der Waals surface area contributed by atoms with Crippen LogP contribution in [-0.4, -0.2) is 52.2 Å².